The van der Waals surface area contributed by atoms with E-state index in [1.807, 2.05) is 0 Å². The van der Waals surface area contributed by atoms with Crippen molar-refractivity contribution in [2.45, 2.75) is 12.6 Å². The monoisotopic (exact) mass is 347 g/mol. The Morgan fingerprint density at radius 2 is 2.04 bits per heavy atom. The minimum atomic E-state index is -4.43. The van der Waals surface area contributed by atoms with Gasteiger partial charge in [-0.3, -0.25) is 10.1 Å². The van der Waals surface area contributed by atoms with Gasteiger partial charge in [-0.1, -0.05) is 11.3 Å². The number of ether oxygens (including phenoxy) is 1. The fraction of sp³-hybridized carbons (Fsp3) is 0.250. The molecule has 0 aliphatic heterocycles. The first-order valence-electron chi connectivity index (χ1n) is 5.97. The van der Waals surface area contributed by atoms with E-state index in [1.165, 1.54) is 6.07 Å². The Bertz CT molecular complexity index is 760. The number of non-ortho nitro benzene ring substituents is 1. The number of methoxy groups -OCH3 is 1. The Morgan fingerprint density at radius 3 is 2.61 bits per heavy atom. The lowest BCUT2D eigenvalue weighted by atomic mass is 10.1. The maximum absolute atomic E-state index is 12.3. The number of halogens is 3. The Labute approximate surface area is 130 Å². The number of aromatic nitrogens is 2. The van der Waals surface area contributed by atoms with Crippen molar-refractivity contribution >= 4 is 23.0 Å². The molecule has 122 valence electrons. The highest BCUT2D eigenvalue weighted by molar-refractivity contribution is 7.14. The van der Waals surface area contributed by atoms with Gasteiger partial charge >= 0.3 is 12.1 Å². The van der Waals surface area contributed by atoms with Crippen LogP contribution in [0.1, 0.15) is 15.4 Å². The smallest absolute Gasteiger partial charge is 0.395 e. The van der Waals surface area contributed by atoms with Crippen LogP contribution in [0.15, 0.2) is 18.2 Å². The van der Waals surface area contributed by atoms with Crippen LogP contribution in [0.3, 0.4) is 0 Å². The summed E-state index contributed by atoms with van der Waals surface area (Å²) in [7, 11) is 1.10. The fourth-order valence-corrected chi connectivity index (χ4v) is 2.55. The van der Waals surface area contributed by atoms with Crippen molar-refractivity contribution in [2.24, 2.45) is 0 Å². The molecule has 1 aromatic heterocycles. The van der Waals surface area contributed by atoms with Crippen molar-refractivity contribution in [1.82, 2.24) is 10.2 Å². The third-order valence-electron chi connectivity index (χ3n) is 2.62. The number of nitro benzene ring substituents is 1. The van der Waals surface area contributed by atoms with E-state index in [4.69, 9.17) is 0 Å². The Hall–Kier alpha value is -2.56. The SMILES string of the molecule is COC(=O)c1cc(-c2nnc(CC(F)(F)F)s2)cc([N+](=O)[O-])c1. The van der Waals surface area contributed by atoms with Gasteiger partial charge in [-0.25, -0.2) is 4.79 Å². The van der Waals surface area contributed by atoms with Gasteiger partial charge in [0.05, 0.1) is 24.0 Å². The number of nitro groups is 1. The molecule has 0 radical (unpaired) electrons. The van der Waals surface area contributed by atoms with E-state index in [0.717, 1.165) is 19.2 Å². The van der Waals surface area contributed by atoms with Crippen LogP contribution < -0.4 is 0 Å². The summed E-state index contributed by atoms with van der Waals surface area (Å²) in [5.41, 5.74) is -0.398. The fourth-order valence-electron chi connectivity index (χ4n) is 1.69. The summed E-state index contributed by atoms with van der Waals surface area (Å²) in [6.07, 6.45) is -5.68. The molecule has 0 aliphatic carbocycles. The first kappa shape index (κ1) is 16.8. The zero-order valence-corrected chi connectivity index (χ0v) is 12.3. The highest BCUT2D eigenvalue weighted by atomic mass is 32.1. The average molecular weight is 347 g/mol. The van der Waals surface area contributed by atoms with Crippen molar-refractivity contribution in [1.29, 1.82) is 0 Å². The lowest BCUT2D eigenvalue weighted by Crippen LogP contribution is -2.11. The molecule has 0 aliphatic rings. The molecule has 0 atom stereocenters. The molecule has 11 heteroatoms. The van der Waals surface area contributed by atoms with Crippen LogP contribution in [0.2, 0.25) is 0 Å². The normalized spacial score (nSPS) is 11.3. The summed E-state index contributed by atoms with van der Waals surface area (Å²) in [5, 5.41) is 17.7. The van der Waals surface area contributed by atoms with Gasteiger partial charge in [0, 0.05) is 17.7 Å². The number of hydrogen-bond donors (Lipinski definition) is 0. The Kier molecular flexibility index (Phi) is 4.59. The number of carbonyl (C=O) groups is 1. The highest BCUT2D eigenvalue weighted by Gasteiger charge is 2.30. The summed E-state index contributed by atoms with van der Waals surface area (Å²) in [6.45, 7) is 0. The molecule has 1 aromatic carbocycles. The van der Waals surface area contributed by atoms with Gasteiger partial charge in [-0.15, -0.1) is 10.2 Å². The zero-order chi connectivity index (χ0) is 17.2. The van der Waals surface area contributed by atoms with Gasteiger partial charge in [0.2, 0.25) is 0 Å². The second kappa shape index (κ2) is 6.28. The van der Waals surface area contributed by atoms with Gasteiger partial charge in [0.25, 0.3) is 5.69 Å². The lowest BCUT2D eigenvalue weighted by Gasteiger charge is -2.02. The van der Waals surface area contributed by atoms with E-state index >= 15 is 0 Å². The van der Waals surface area contributed by atoms with Crippen LogP contribution >= 0.6 is 11.3 Å². The maximum Gasteiger partial charge on any atom is 0.395 e. The van der Waals surface area contributed by atoms with Crippen LogP contribution in [0.5, 0.6) is 0 Å². The molecule has 7 nitrogen and oxygen atoms in total. The molecule has 0 fully saturated rings. The Balaban J connectivity index is 2.44. The van der Waals surface area contributed by atoms with Crippen molar-refractivity contribution in [3.8, 4) is 10.6 Å². The van der Waals surface area contributed by atoms with Crippen molar-refractivity contribution < 1.29 is 27.6 Å². The van der Waals surface area contributed by atoms with E-state index < -0.39 is 29.2 Å². The number of rotatable bonds is 4. The molecule has 23 heavy (non-hydrogen) atoms. The van der Waals surface area contributed by atoms with Gasteiger partial charge in [-0.2, -0.15) is 13.2 Å². The number of carbonyl (C=O) groups excluding carboxylic acids is 1. The van der Waals surface area contributed by atoms with Crippen molar-refractivity contribution in [3.05, 3.63) is 38.9 Å². The largest absolute Gasteiger partial charge is 0.465 e. The molecule has 2 rings (SSSR count). The van der Waals surface area contributed by atoms with Gasteiger partial charge in [0.1, 0.15) is 10.0 Å². The van der Waals surface area contributed by atoms with Gasteiger partial charge in [0.15, 0.2) is 0 Å². The quantitative estimate of drug-likeness (QED) is 0.479. The molecule has 0 saturated heterocycles. The van der Waals surface area contributed by atoms with E-state index in [-0.39, 0.29) is 21.1 Å². The van der Waals surface area contributed by atoms with Crippen molar-refractivity contribution in [2.75, 3.05) is 7.11 Å². The topological polar surface area (TPSA) is 95.2 Å². The molecule has 1 heterocycles. The molecule has 0 amide bonds. The summed E-state index contributed by atoms with van der Waals surface area (Å²) < 4.78 is 41.5. The van der Waals surface area contributed by atoms with Crippen LogP contribution in [0.4, 0.5) is 18.9 Å². The molecule has 0 N–H and O–H groups in total. The maximum atomic E-state index is 12.3. The van der Waals surface area contributed by atoms with Crippen LogP contribution in [-0.4, -0.2) is 34.4 Å². The molecular formula is C12H8F3N3O4S. The van der Waals surface area contributed by atoms with Crippen LogP contribution in [0.25, 0.3) is 10.6 Å². The molecular weight excluding hydrogens is 339 g/mol. The third kappa shape index (κ3) is 4.22. The predicted molar refractivity (Wildman–Crippen MR) is 73.1 cm³/mol. The van der Waals surface area contributed by atoms with E-state index in [0.29, 0.717) is 11.3 Å². The van der Waals surface area contributed by atoms with Crippen molar-refractivity contribution in [3.63, 3.8) is 0 Å². The summed E-state index contributed by atoms with van der Waals surface area (Å²) in [4.78, 5) is 21.7. The Morgan fingerprint density at radius 1 is 1.35 bits per heavy atom. The number of hydrogen-bond acceptors (Lipinski definition) is 7. The zero-order valence-electron chi connectivity index (χ0n) is 11.5. The van der Waals surface area contributed by atoms with E-state index in [1.54, 1.807) is 0 Å². The first-order chi connectivity index (χ1) is 10.7. The number of alkyl halides is 3. The summed E-state index contributed by atoms with van der Waals surface area (Å²) in [5.74, 6) is -0.810. The second-order valence-electron chi connectivity index (χ2n) is 4.31. The summed E-state index contributed by atoms with van der Waals surface area (Å²) in [6, 6.07) is 3.36. The molecule has 0 unspecified atom stereocenters. The van der Waals surface area contributed by atoms with Crippen LogP contribution in [-0.2, 0) is 11.2 Å². The number of benzene rings is 1. The molecule has 0 bridgehead atoms. The third-order valence-corrected chi connectivity index (χ3v) is 3.59. The first-order valence-corrected chi connectivity index (χ1v) is 6.78. The molecule has 0 spiro atoms. The van der Waals surface area contributed by atoms with Gasteiger partial charge < -0.3 is 4.74 Å². The number of nitrogens with zero attached hydrogens (tertiary/aromatic N) is 3. The second-order valence-corrected chi connectivity index (χ2v) is 5.37. The van der Waals surface area contributed by atoms with Gasteiger partial charge in [-0.05, 0) is 6.07 Å². The molecule has 2 aromatic rings. The number of esters is 1. The van der Waals surface area contributed by atoms with E-state index in [9.17, 15) is 28.1 Å². The standard InChI is InChI=1S/C12H8F3N3O4S/c1-22-11(19)7-2-6(3-8(4-7)18(20)21)10-17-16-9(23-10)5-12(13,14)15/h2-4H,5H2,1H3. The predicted octanol–water partition coefficient (Wildman–Crippen LogP) is 3.00. The van der Waals surface area contributed by atoms with E-state index in [2.05, 4.69) is 14.9 Å². The molecule has 0 saturated carbocycles. The highest BCUT2D eigenvalue weighted by Crippen LogP contribution is 2.31. The lowest BCUT2D eigenvalue weighted by molar-refractivity contribution is -0.384. The summed E-state index contributed by atoms with van der Waals surface area (Å²) >= 11 is 0.644. The minimum absolute atomic E-state index is 0.0399. The minimum Gasteiger partial charge on any atom is -0.465 e. The average Bonchev–Trinajstić information content (AvgIpc) is 2.92. The van der Waals surface area contributed by atoms with Crippen LogP contribution in [0, 0.1) is 10.1 Å².